The van der Waals surface area contributed by atoms with E-state index >= 15 is 0 Å². The van der Waals surface area contributed by atoms with Crippen LogP contribution < -0.4 is 10.1 Å². The molecule has 0 aromatic heterocycles. The van der Waals surface area contributed by atoms with Crippen LogP contribution in [0, 0.1) is 17.1 Å². The van der Waals surface area contributed by atoms with Crippen molar-refractivity contribution in [1.82, 2.24) is 5.32 Å². The summed E-state index contributed by atoms with van der Waals surface area (Å²) in [6, 6.07) is 6.01. The molecular weight excluding hydrogens is 243 g/mol. The van der Waals surface area contributed by atoms with Crippen molar-refractivity contribution in [3.05, 3.63) is 41.7 Å². The lowest BCUT2D eigenvalue weighted by molar-refractivity contribution is 0.324. The van der Waals surface area contributed by atoms with E-state index in [-0.39, 0.29) is 23.5 Å². The third-order valence-electron chi connectivity index (χ3n) is 2.36. The van der Waals surface area contributed by atoms with Crippen molar-refractivity contribution in [3.63, 3.8) is 0 Å². The van der Waals surface area contributed by atoms with E-state index in [4.69, 9.17) is 10.00 Å². The fourth-order valence-electron chi connectivity index (χ4n) is 1.31. The molecule has 0 bridgehead atoms. The molecule has 1 aromatic rings. The molecule has 0 spiro atoms. The summed E-state index contributed by atoms with van der Waals surface area (Å²) >= 11 is 0. The van der Waals surface area contributed by atoms with Crippen LogP contribution in [-0.4, -0.2) is 18.7 Å². The highest BCUT2D eigenvalue weighted by Crippen LogP contribution is 2.18. The van der Waals surface area contributed by atoms with Gasteiger partial charge in [-0.1, -0.05) is 6.58 Å². The van der Waals surface area contributed by atoms with Crippen molar-refractivity contribution >= 4 is 0 Å². The summed E-state index contributed by atoms with van der Waals surface area (Å²) in [5.41, 5.74) is 1.11. The number of nitrogens with one attached hydrogen (secondary N) is 1. The van der Waals surface area contributed by atoms with Gasteiger partial charge in [-0.25, -0.2) is 4.39 Å². The second-order valence-corrected chi connectivity index (χ2v) is 5.40. The van der Waals surface area contributed by atoms with Gasteiger partial charge in [0.1, 0.15) is 6.61 Å². The molecule has 0 aliphatic carbocycles. The zero-order valence-corrected chi connectivity index (χ0v) is 11.6. The minimum atomic E-state index is -0.532. The molecule has 3 nitrogen and oxygen atoms in total. The molecule has 0 atom stereocenters. The van der Waals surface area contributed by atoms with Crippen molar-refractivity contribution in [2.45, 2.75) is 26.3 Å². The summed E-state index contributed by atoms with van der Waals surface area (Å²) in [5, 5.41) is 11.9. The van der Waals surface area contributed by atoms with Crippen LogP contribution in [0.2, 0.25) is 0 Å². The number of benzene rings is 1. The van der Waals surface area contributed by atoms with Crippen molar-refractivity contribution in [1.29, 1.82) is 5.26 Å². The molecule has 0 amide bonds. The SMILES string of the molecule is C=C(CNC(C)(C)C)COc1ccc(C#N)cc1F. The maximum Gasteiger partial charge on any atom is 0.166 e. The highest BCUT2D eigenvalue weighted by molar-refractivity contribution is 5.36. The van der Waals surface area contributed by atoms with Gasteiger partial charge in [-0.05, 0) is 44.5 Å². The van der Waals surface area contributed by atoms with Crippen molar-refractivity contribution < 1.29 is 9.13 Å². The predicted molar refractivity (Wildman–Crippen MR) is 73.5 cm³/mol. The monoisotopic (exact) mass is 262 g/mol. The van der Waals surface area contributed by atoms with Gasteiger partial charge in [-0.2, -0.15) is 5.26 Å². The Kier molecular flexibility index (Phi) is 5.08. The Hall–Kier alpha value is -1.86. The van der Waals surface area contributed by atoms with Crippen molar-refractivity contribution in [2.75, 3.05) is 13.2 Å². The number of ether oxygens (including phenoxy) is 1. The molecule has 1 N–H and O–H groups in total. The molecule has 1 aromatic carbocycles. The Labute approximate surface area is 113 Å². The third kappa shape index (κ3) is 5.54. The van der Waals surface area contributed by atoms with Crippen LogP contribution in [0.5, 0.6) is 5.75 Å². The Bertz CT molecular complexity index is 498. The quantitative estimate of drug-likeness (QED) is 0.830. The summed E-state index contributed by atoms with van der Waals surface area (Å²) < 4.78 is 18.9. The maximum atomic E-state index is 13.5. The largest absolute Gasteiger partial charge is 0.486 e. The summed E-state index contributed by atoms with van der Waals surface area (Å²) in [6.45, 7) is 10.9. The van der Waals surface area contributed by atoms with Gasteiger partial charge in [0.25, 0.3) is 0 Å². The van der Waals surface area contributed by atoms with Gasteiger partial charge in [0.05, 0.1) is 11.6 Å². The van der Waals surface area contributed by atoms with E-state index < -0.39 is 5.82 Å². The van der Waals surface area contributed by atoms with E-state index in [1.807, 2.05) is 6.07 Å². The van der Waals surface area contributed by atoms with Gasteiger partial charge < -0.3 is 10.1 Å². The first-order valence-corrected chi connectivity index (χ1v) is 6.06. The van der Waals surface area contributed by atoms with Crippen LogP contribution in [0.15, 0.2) is 30.4 Å². The molecule has 19 heavy (non-hydrogen) atoms. The molecule has 0 aliphatic heterocycles. The van der Waals surface area contributed by atoms with E-state index in [0.29, 0.717) is 6.54 Å². The van der Waals surface area contributed by atoms with E-state index in [1.54, 1.807) is 0 Å². The molecule has 0 fully saturated rings. The minimum Gasteiger partial charge on any atom is -0.486 e. The van der Waals surface area contributed by atoms with Crippen molar-refractivity contribution in [3.8, 4) is 11.8 Å². The molecule has 0 saturated heterocycles. The summed E-state index contributed by atoms with van der Waals surface area (Å²) in [7, 11) is 0. The average Bonchev–Trinajstić information content (AvgIpc) is 2.34. The molecule has 0 saturated carbocycles. The summed E-state index contributed by atoms with van der Waals surface area (Å²) in [5.74, 6) is -0.397. The highest BCUT2D eigenvalue weighted by Gasteiger charge is 2.10. The van der Waals surface area contributed by atoms with E-state index in [0.717, 1.165) is 11.6 Å². The molecule has 0 heterocycles. The van der Waals surface area contributed by atoms with Crippen LogP contribution in [0.25, 0.3) is 0 Å². The molecule has 1 rings (SSSR count). The number of halogens is 1. The summed E-state index contributed by atoms with van der Waals surface area (Å²) in [6.07, 6.45) is 0. The maximum absolute atomic E-state index is 13.5. The molecule has 0 aliphatic rings. The zero-order chi connectivity index (χ0) is 14.5. The van der Waals surface area contributed by atoms with Gasteiger partial charge in [0.15, 0.2) is 11.6 Å². The van der Waals surface area contributed by atoms with Crippen LogP contribution in [0.1, 0.15) is 26.3 Å². The van der Waals surface area contributed by atoms with Crippen LogP contribution in [0.3, 0.4) is 0 Å². The van der Waals surface area contributed by atoms with Gasteiger partial charge in [-0.15, -0.1) is 0 Å². The second kappa shape index (κ2) is 6.35. The number of hydrogen-bond acceptors (Lipinski definition) is 3. The zero-order valence-electron chi connectivity index (χ0n) is 11.6. The lowest BCUT2D eigenvalue weighted by Crippen LogP contribution is -2.37. The molecule has 102 valence electrons. The molecular formula is C15H19FN2O. The average molecular weight is 262 g/mol. The lowest BCUT2D eigenvalue weighted by atomic mass is 10.1. The van der Waals surface area contributed by atoms with Gasteiger partial charge in [0, 0.05) is 12.1 Å². The van der Waals surface area contributed by atoms with Crippen molar-refractivity contribution in [2.24, 2.45) is 0 Å². The van der Waals surface area contributed by atoms with E-state index in [1.165, 1.54) is 12.1 Å². The second-order valence-electron chi connectivity index (χ2n) is 5.40. The van der Waals surface area contributed by atoms with Crippen LogP contribution in [0.4, 0.5) is 4.39 Å². The first kappa shape index (κ1) is 15.2. The fraction of sp³-hybridized carbons (Fsp3) is 0.400. The first-order chi connectivity index (χ1) is 8.81. The normalized spacial score (nSPS) is 10.9. The third-order valence-corrected chi connectivity index (χ3v) is 2.36. The van der Waals surface area contributed by atoms with Gasteiger partial charge >= 0.3 is 0 Å². The topological polar surface area (TPSA) is 45.0 Å². The first-order valence-electron chi connectivity index (χ1n) is 6.06. The Morgan fingerprint density at radius 1 is 1.47 bits per heavy atom. The lowest BCUT2D eigenvalue weighted by Gasteiger charge is -2.21. The fourth-order valence-corrected chi connectivity index (χ4v) is 1.31. The molecule has 4 heteroatoms. The number of nitriles is 1. The summed E-state index contributed by atoms with van der Waals surface area (Å²) in [4.78, 5) is 0. The van der Waals surface area contributed by atoms with Crippen LogP contribution >= 0.6 is 0 Å². The molecule has 0 unspecified atom stereocenters. The van der Waals surface area contributed by atoms with E-state index in [2.05, 4.69) is 32.7 Å². The number of nitrogens with zero attached hydrogens (tertiary/aromatic N) is 1. The Morgan fingerprint density at radius 3 is 2.68 bits per heavy atom. The van der Waals surface area contributed by atoms with Gasteiger partial charge in [0.2, 0.25) is 0 Å². The molecule has 0 radical (unpaired) electrons. The highest BCUT2D eigenvalue weighted by atomic mass is 19.1. The smallest absolute Gasteiger partial charge is 0.166 e. The Morgan fingerprint density at radius 2 is 2.16 bits per heavy atom. The van der Waals surface area contributed by atoms with E-state index in [9.17, 15) is 4.39 Å². The number of rotatable bonds is 5. The Balaban J connectivity index is 2.49. The van der Waals surface area contributed by atoms with Gasteiger partial charge in [-0.3, -0.25) is 0 Å². The van der Waals surface area contributed by atoms with Crippen LogP contribution in [-0.2, 0) is 0 Å². The standard InChI is InChI=1S/C15H19FN2O/c1-11(9-18-15(2,3)4)10-19-14-6-5-12(8-17)7-13(14)16/h5-7,18H,1,9-10H2,2-4H3. The number of hydrogen-bond donors (Lipinski definition) is 1. The predicted octanol–water partition coefficient (Wildman–Crippen LogP) is 3.02. The minimum absolute atomic E-state index is 0.00261.